The Hall–Kier alpha value is -3.76. The molecule has 11 heteroatoms. The van der Waals surface area contributed by atoms with E-state index in [2.05, 4.69) is 10.3 Å². The van der Waals surface area contributed by atoms with Crippen molar-refractivity contribution in [1.29, 1.82) is 0 Å². The maximum absolute atomic E-state index is 13.2. The number of nitrogens with zero attached hydrogens (tertiary/aromatic N) is 3. The van der Waals surface area contributed by atoms with E-state index in [4.69, 9.17) is 17.3 Å². The Morgan fingerprint density at radius 1 is 1.18 bits per heavy atom. The van der Waals surface area contributed by atoms with Gasteiger partial charge in [0.25, 0.3) is 17.4 Å². The molecular weight excluding hydrogens is 462 g/mol. The fourth-order valence-corrected chi connectivity index (χ4v) is 3.89. The molecule has 1 fully saturated rings. The third-order valence-corrected chi connectivity index (χ3v) is 5.81. The largest absolute Gasteiger partial charge is 0.391 e. The molecule has 1 aliphatic rings. The van der Waals surface area contributed by atoms with Gasteiger partial charge in [-0.15, -0.1) is 0 Å². The molecule has 176 valence electrons. The second-order valence-corrected chi connectivity index (χ2v) is 8.46. The molecule has 3 aromatic rings. The Morgan fingerprint density at radius 3 is 2.59 bits per heavy atom. The first-order valence-electron chi connectivity index (χ1n) is 10.6. The molecule has 2 aromatic heterocycles. The lowest BCUT2D eigenvalue weighted by molar-refractivity contribution is -0.144. The van der Waals surface area contributed by atoms with Gasteiger partial charge in [0, 0.05) is 30.0 Å². The summed E-state index contributed by atoms with van der Waals surface area (Å²) in [5.41, 5.74) is 5.65. The lowest BCUT2D eigenvalue weighted by Crippen LogP contribution is -2.40. The monoisotopic (exact) mass is 483 g/mol. The van der Waals surface area contributed by atoms with E-state index in [1.807, 2.05) is 0 Å². The fourth-order valence-electron chi connectivity index (χ4n) is 3.76. The summed E-state index contributed by atoms with van der Waals surface area (Å²) in [7, 11) is 0. The second-order valence-electron chi connectivity index (χ2n) is 8.02. The molecule has 0 aliphatic carbocycles. The number of hydrogen-bond acceptors (Lipinski definition) is 7. The van der Waals surface area contributed by atoms with Crippen LogP contribution < -0.4 is 16.6 Å². The van der Waals surface area contributed by atoms with Crippen LogP contribution in [0, 0.1) is 0 Å². The van der Waals surface area contributed by atoms with Gasteiger partial charge in [0.05, 0.1) is 12.6 Å². The van der Waals surface area contributed by atoms with E-state index >= 15 is 0 Å². The van der Waals surface area contributed by atoms with Gasteiger partial charge in [-0.3, -0.25) is 23.7 Å². The molecule has 4 rings (SSSR count). The molecule has 1 saturated heterocycles. The number of aliphatic hydroxyl groups excluding tert-OH is 1. The summed E-state index contributed by atoms with van der Waals surface area (Å²) in [5, 5.41) is 13.3. The smallest absolute Gasteiger partial charge is 0.291 e. The predicted octanol–water partition coefficient (Wildman–Crippen LogP) is 0.724. The molecule has 10 nitrogen and oxygen atoms in total. The average Bonchev–Trinajstić information content (AvgIpc) is 3.25. The third-order valence-electron chi connectivity index (χ3n) is 5.56. The molecule has 1 unspecified atom stereocenters. The zero-order valence-electron chi connectivity index (χ0n) is 18.0. The van der Waals surface area contributed by atoms with Crippen LogP contribution in [0.25, 0.3) is 11.0 Å². The highest BCUT2D eigenvalue weighted by molar-refractivity contribution is 6.36. The number of aromatic nitrogens is 2. The van der Waals surface area contributed by atoms with Crippen molar-refractivity contribution < 1.29 is 19.5 Å². The third kappa shape index (κ3) is 4.92. The molecular formula is C23H22ClN5O5. The van der Waals surface area contributed by atoms with Crippen LogP contribution >= 0.6 is 11.6 Å². The minimum absolute atomic E-state index is 0.0541. The SMILES string of the molecule is Nc1ccc2cc(C(=O)NCc3ccc(Cl)cc3)c(=O)n(CC(=O)C(=O)N3CCC(O)C3)c2n1. The van der Waals surface area contributed by atoms with E-state index in [1.54, 1.807) is 30.3 Å². The van der Waals surface area contributed by atoms with Gasteiger partial charge in [-0.2, -0.15) is 0 Å². The zero-order chi connectivity index (χ0) is 24.4. The molecule has 2 amide bonds. The molecule has 0 saturated carbocycles. The van der Waals surface area contributed by atoms with E-state index < -0.39 is 35.8 Å². The quantitative estimate of drug-likeness (QED) is 0.437. The summed E-state index contributed by atoms with van der Waals surface area (Å²) in [6.45, 7) is -0.157. The Morgan fingerprint density at radius 2 is 1.91 bits per heavy atom. The van der Waals surface area contributed by atoms with Crippen molar-refractivity contribution >= 4 is 46.0 Å². The molecule has 1 atom stereocenters. The van der Waals surface area contributed by atoms with Gasteiger partial charge in [-0.1, -0.05) is 23.7 Å². The molecule has 0 bridgehead atoms. The number of benzene rings is 1. The second kappa shape index (κ2) is 9.62. The molecule has 4 N–H and O–H groups in total. The van der Waals surface area contributed by atoms with Gasteiger partial charge in [0.15, 0.2) is 0 Å². The first-order chi connectivity index (χ1) is 16.2. The number of ketones is 1. The van der Waals surface area contributed by atoms with Gasteiger partial charge in [-0.25, -0.2) is 4.98 Å². The Bertz CT molecular complexity index is 1340. The van der Waals surface area contributed by atoms with Gasteiger partial charge in [0.2, 0.25) is 5.78 Å². The van der Waals surface area contributed by atoms with Crippen molar-refractivity contribution in [2.45, 2.75) is 25.6 Å². The summed E-state index contributed by atoms with van der Waals surface area (Å²) in [6.07, 6.45) is -0.307. The van der Waals surface area contributed by atoms with E-state index in [0.717, 1.165) is 10.1 Å². The number of hydrogen-bond donors (Lipinski definition) is 3. The molecule has 1 aromatic carbocycles. The molecule has 1 aliphatic heterocycles. The van der Waals surface area contributed by atoms with E-state index in [1.165, 1.54) is 17.0 Å². The Balaban J connectivity index is 1.64. The average molecular weight is 484 g/mol. The summed E-state index contributed by atoms with van der Waals surface area (Å²) < 4.78 is 0.982. The standard InChI is InChI=1S/C23H22ClN5O5/c24-15-4-1-13(2-5-15)10-26-21(32)17-9-14-3-6-19(25)27-20(14)29(22(17)33)12-18(31)23(34)28-8-7-16(30)11-28/h1-6,9,16,30H,7-8,10-12H2,(H2,25,27)(H,26,32). The lowest BCUT2D eigenvalue weighted by Gasteiger charge is -2.16. The van der Waals surface area contributed by atoms with Crippen LogP contribution in [0.3, 0.4) is 0 Å². The highest BCUT2D eigenvalue weighted by Gasteiger charge is 2.30. The molecule has 3 heterocycles. The van der Waals surface area contributed by atoms with Crippen molar-refractivity contribution in [3.8, 4) is 0 Å². The number of nitrogens with one attached hydrogen (secondary N) is 1. The van der Waals surface area contributed by atoms with E-state index in [0.29, 0.717) is 16.8 Å². The number of anilines is 1. The summed E-state index contributed by atoms with van der Waals surface area (Å²) in [6, 6.07) is 11.3. The number of β-amino-alcohol motifs (C(OH)–C–C–N with tert-alkyl or cyclic N) is 1. The number of fused-ring (bicyclic) bond motifs is 1. The number of carbonyl (C=O) groups excluding carboxylic acids is 3. The highest BCUT2D eigenvalue weighted by Crippen LogP contribution is 2.16. The number of Topliss-reactive ketones (excluding diaryl/α,β-unsaturated/α-hetero) is 1. The van der Waals surface area contributed by atoms with Crippen molar-refractivity contribution in [1.82, 2.24) is 19.8 Å². The summed E-state index contributed by atoms with van der Waals surface area (Å²) >= 11 is 5.87. The maximum Gasteiger partial charge on any atom is 0.291 e. The Kier molecular flexibility index (Phi) is 6.62. The number of halogens is 1. The van der Waals surface area contributed by atoms with E-state index in [-0.39, 0.29) is 36.7 Å². The van der Waals surface area contributed by atoms with E-state index in [9.17, 15) is 24.3 Å². The fraction of sp³-hybridized carbons (Fsp3) is 0.261. The minimum atomic E-state index is -0.861. The Labute approximate surface area is 198 Å². The maximum atomic E-state index is 13.2. The number of amides is 2. The van der Waals surface area contributed by atoms with Crippen LogP contribution in [-0.4, -0.2) is 56.3 Å². The predicted molar refractivity (Wildman–Crippen MR) is 125 cm³/mol. The van der Waals surface area contributed by atoms with Crippen LogP contribution in [0.1, 0.15) is 22.3 Å². The lowest BCUT2D eigenvalue weighted by atomic mass is 10.1. The number of pyridine rings is 2. The van der Waals surface area contributed by atoms with Gasteiger partial charge in [0.1, 0.15) is 17.0 Å². The van der Waals surface area contributed by atoms with Gasteiger partial charge >= 0.3 is 0 Å². The molecule has 0 spiro atoms. The number of nitrogens with two attached hydrogens (primary N) is 1. The van der Waals surface area contributed by atoms with Crippen molar-refractivity contribution in [2.75, 3.05) is 18.8 Å². The number of carbonyl (C=O) groups is 3. The topological polar surface area (TPSA) is 148 Å². The summed E-state index contributed by atoms with van der Waals surface area (Å²) in [4.78, 5) is 56.7. The first kappa shape index (κ1) is 23.4. The molecule has 0 radical (unpaired) electrons. The summed E-state index contributed by atoms with van der Waals surface area (Å²) in [5.74, 6) is -2.20. The molecule has 34 heavy (non-hydrogen) atoms. The van der Waals surface area contributed by atoms with Crippen LogP contribution in [0.4, 0.5) is 5.82 Å². The zero-order valence-corrected chi connectivity index (χ0v) is 18.8. The number of aliphatic hydroxyl groups is 1. The van der Waals surface area contributed by atoms with Gasteiger partial charge < -0.3 is 21.1 Å². The van der Waals surface area contributed by atoms with Crippen molar-refractivity contribution in [3.05, 3.63) is 69.0 Å². The van der Waals surface area contributed by atoms with Crippen LogP contribution in [-0.2, 0) is 22.7 Å². The number of rotatable bonds is 6. The minimum Gasteiger partial charge on any atom is -0.391 e. The highest BCUT2D eigenvalue weighted by atomic mass is 35.5. The number of nitrogen functional groups attached to an aromatic ring is 1. The first-order valence-corrected chi connectivity index (χ1v) is 10.9. The van der Waals surface area contributed by atoms with Crippen molar-refractivity contribution in [2.24, 2.45) is 0 Å². The normalized spacial score (nSPS) is 15.5. The van der Waals surface area contributed by atoms with Gasteiger partial charge in [-0.05, 0) is 42.3 Å². The number of likely N-dealkylation sites (tertiary alicyclic amines) is 1. The van der Waals surface area contributed by atoms with Crippen LogP contribution in [0.2, 0.25) is 5.02 Å². The van der Waals surface area contributed by atoms with Crippen molar-refractivity contribution in [3.63, 3.8) is 0 Å². The van der Waals surface area contributed by atoms with Crippen LogP contribution in [0.15, 0.2) is 47.3 Å². The van der Waals surface area contributed by atoms with Crippen LogP contribution in [0.5, 0.6) is 0 Å².